The van der Waals surface area contributed by atoms with Crippen molar-refractivity contribution in [1.82, 2.24) is 5.32 Å². The van der Waals surface area contributed by atoms with Gasteiger partial charge >= 0.3 is 0 Å². The summed E-state index contributed by atoms with van der Waals surface area (Å²) in [6.07, 6.45) is 6.22. The predicted octanol–water partition coefficient (Wildman–Crippen LogP) is 3.80. The number of fused-ring (bicyclic) bond motifs is 1. The molecule has 2 rings (SSSR count). The van der Waals surface area contributed by atoms with Crippen LogP contribution in [-0.2, 0) is 11.2 Å². The highest BCUT2D eigenvalue weighted by Gasteiger charge is 2.16. The minimum atomic E-state index is 0.144. The van der Waals surface area contributed by atoms with E-state index in [0.717, 1.165) is 25.1 Å². The summed E-state index contributed by atoms with van der Waals surface area (Å²) in [5, 5.41) is 6.58. The largest absolute Gasteiger partial charge is 0.326 e. The number of unbranched alkanes of at least 4 members (excludes halogenated alkanes) is 1. The molecule has 1 heterocycles. The van der Waals surface area contributed by atoms with E-state index in [0.29, 0.717) is 12.5 Å². The van der Waals surface area contributed by atoms with Crippen molar-refractivity contribution in [3.05, 3.63) is 29.3 Å². The zero-order valence-corrected chi connectivity index (χ0v) is 12.7. The Bertz CT molecular complexity index is 456. The van der Waals surface area contributed by atoms with Crippen LogP contribution in [0.5, 0.6) is 0 Å². The number of carbonyl (C=O) groups excluding carboxylic acids is 1. The molecule has 2 N–H and O–H groups in total. The van der Waals surface area contributed by atoms with Gasteiger partial charge in [-0.25, -0.2) is 0 Å². The van der Waals surface area contributed by atoms with Crippen LogP contribution in [-0.4, -0.2) is 12.5 Å². The summed E-state index contributed by atoms with van der Waals surface area (Å²) in [4.78, 5) is 11.6. The number of benzene rings is 1. The van der Waals surface area contributed by atoms with E-state index in [1.165, 1.54) is 30.4 Å². The first-order chi connectivity index (χ1) is 9.74. The number of hydrogen-bond acceptors (Lipinski definition) is 2. The molecule has 0 saturated heterocycles. The number of anilines is 1. The smallest absolute Gasteiger partial charge is 0.224 e. The number of hydrogen-bond donors (Lipinski definition) is 2. The highest BCUT2D eigenvalue weighted by Crippen LogP contribution is 2.27. The predicted molar refractivity (Wildman–Crippen MR) is 84.0 cm³/mol. The molecule has 0 aliphatic carbocycles. The number of carbonyl (C=O) groups is 1. The summed E-state index contributed by atoms with van der Waals surface area (Å²) in [6, 6.07) is 6.95. The average Bonchev–Trinajstić information content (AvgIpc) is 2.63. The quantitative estimate of drug-likeness (QED) is 0.828. The van der Waals surface area contributed by atoms with Gasteiger partial charge in [0, 0.05) is 18.2 Å². The molecule has 1 aromatic carbocycles. The first-order valence-corrected chi connectivity index (χ1v) is 7.90. The fourth-order valence-corrected chi connectivity index (χ4v) is 2.85. The molecule has 0 spiro atoms. The summed E-state index contributed by atoms with van der Waals surface area (Å²) < 4.78 is 0. The summed E-state index contributed by atoms with van der Waals surface area (Å²) in [5.41, 5.74) is 3.64. The van der Waals surface area contributed by atoms with E-state index in [1.54, 1.807) is 0 Å². The molecule has 0 fully saturated rings. The average molecular weight is 274 g/mol. The Labute approximate surface area is 122 Å². The Hall–Kier alpha value is -1.35. The first-order valence-electron chi connectivity index (χ1n) is 7.90. The van der Waals surface area contributed by atoms with Gasteiger partial charge in [-0.1, -0.05) is 38.8 Å². The van der Waals surface area contributed by atoms with Crippen LogP contribution < -0.4 is 10.6 Å². The number of nitrogens with one attached hydrogen (secondary N) is 2. The molecule has 0 radical (unpaired) electrons. The van der Waals surface area contributed by atoms with E-state index in [9.17, 15) is 4.79 Å². The molecule has 1 aliphatic heterocycles. The zero-order valence-electron chi connectivity index (χ0n) is 12.7. The van der Waals surface area contributed by atoms with Gasteiger partial charge in [0.05, 0.1) is 0 Å². The van der Waals surface area contributed by atoms with Gasteiger partial charge in [-0.3, -0.25) is 4.79 Å². The molecule has 3 nitrogen and oxygen atoms in total. The van der Waals surface area contributed by atoms with Crippen molar-refractivity contribution in [1.29, 1.82) is 0 Å². The Morgan fingerprint density at radius 1 is 1.30 bits per heavy atom. The normalized spacial score (nSPS) is 16.2. The topological polar surface area (TPSA) is 41.1 Å². The van der Waals surface area contributed by atoms with Crippen molar-refractivity contribution in [3.63, 3.8) is 0 Å². The van der Waals surface area contributed by atoms with E-state index in [4.69, 9.17) is 0 Å². The second-order valence-electron chi connectivity index (χ2n) is 5.57. The minimum absolute atomic E-state index is 0.144. The number of amides is 1. The lowest BCUT2D eigenvalue weighted by Gasteiger charge is -2.20. The molecule has 1 atom stereocenters. The molecule has 1 aliphatic rings. The van der Waals surface area contributed by atoms with E-state index >= 15 is 0 Å². The van der Waals surface area contributed by atoms with Crippen LogP contribution in [0.15, 0.2) is 18.2 Å². The molecule has 20 heavy (non-hydrogen) atoms. The molecular formula is C17H26N2O. The molecule has 1 amide bonds. The van der Waals surface area contributed by atoms with Gasteiger partial charge in [0.1, 0.15) is 0 Å². The molecule has 0 bridgehead atoms. The fourth-order valence-electron chi connectivity index (χ4n) is 2.85. The Morgan fingerprint density at radius 3 is 2.90 bits per heavy atom. The zero-order chi connectivity index (χ0) is 14.4. The Balaban J connectivity index is 2.19. The van der Waals surface area contributed by atoms with Crippen molar-refractivity contribution >= 4 is 11.6 Å². The fraction of sp³-hybridized carbons (Fsp3) is 0.588. The van der Waals surface area contributed by atoms with Crippen molar-refractivity contribution in [2.75, 3.05) is 11.9 Å². The molecule has 110 valence electrons. The van der Waals surface area contributed by atoms with Gasteiger partial charge < -0.3 is 10.6 Å². The van der Waals surface area contributed by atoms with Gasteiger partial charge in [-0.15, -0.1) is 0 Å². The van der Waals surface area contributed by atoms with Gasteiger partial charge in [-0.2, -0.15) is 0 Å². The van der Waals surface area contributed by atoms with Crippen LogP contribution >= 0.6 is 0 Å². The molecule has 1 aromatic rings. The number of aryl methyl sites for hydroxylation is 1. The SMILES string of the molecule is CCCCC(NCC)c1ccc2c(c1)CCCC(=O)N2. The van der Waals surface area contributed by atoms with Gasteiger partial charge in [0.25, 0.3) is 0 Å². The van der Waals surface area contributed by atoms with E-state index < -0.39 is 0 Å². The highest BCUT2D eigenvalue weighted by molar-refractivity contribution is 5.92. The lowest BCUT2D eigenvalue weighted by Crippen LogP contribution is -2.21. The maximum atomic E-state index is 11.6. The highest BCUT2D eigenvalue weighted by atomic mass is 16.1. The lowest BCUT2D eigenvalue weighted by atomic mass is 9.97. The molecular weight excluding hydrogens is 248 g/mol. The van der Waals surface area contributed by atoms with Crippen molar-refractivity contribution in [2.24, 2.45) is 0 Å². The molecule has 0 aromatic heterocycles. The standard InChI is InChI=1S/C17H26N2O/c1-3-5-8-15(18-4-2)14-10-11-16-13(12-14)7-6-9-17(20)19-16/h10-12,15,18H,3-9H2,1-2H3,(H,19,20). The minimum Gasteiger partial charge on any atom is -0.326 e. The molecule has 3 heteroatoms. The third kappa shape index (κ3) is 3.83. The lowest BCUT2D eigenvalue weighted by molar-refractivity contribution is -0.116. The second-order valence-corrected chi connectivity index (χ2v) is 5.57. The van der Waals surface area contributed by atoms with Gasteiger partial charge in [-0.05, 0) is 43.0 Å². The van der Waals surface area contributed by atoms with Crippen LogP contribution in [0.1, 0.15) is 63.1 Å². The Kier molecular flexibility index (Phi) is 5.60. The van der Waals surface area contributed by atoms with Gasteiger partial charge in [0.15, 0.2) is 0 Å². The molecule has 0 saturated carbocycles. The van der Waals surface area contributed by atoms with E-state index in [2.05, 4.69) is 42.7 Å². The maximum absolute atomic E-state index is 11.6. The first kappa shape index (κ1) is 15.0. The number of rotatable bonds is 6. The van der Waals surface area contributed by atoms with Crippen LogP contribution in [0.2, 0.25) is 0 Å². The van der Waals surface area contributed by atoms with E-state index in [1.807, 2.05) is 0 Å². The van der Waals surface area contributed by atoms with Crippen LogP contribution in [0, 0.1) is 0 Å². The summed E-state index contributed by atoms with van der Waals surface area (Å²) in [7, 11) is 0. The van der Waals surface area contributed by atoms with Crippen molar-refractivity contribution in [2.45, 2.75) is 58.4 Å². The van der Waals surface area contributed by atoms with Crippen molar-refractivity contribution in [3.8, 4) is 0 Å². The second kappa shape index (κ2) is 7.44. The monoisotopic (exact) mass is 274 g/mol. The summed E-state index contributed by atoms with van der Waals surface area (Å²) in [5.74, 6) is 0.144. The third-order valence-electron chi connectivity index (χ3n) is 3.95. The summed E-state index contributed by atoms with van der Waals surface area (Å²) in [6.45, 7) is 5.38. The van der Waals surface area contributed by atoms with E-state index in [-0.39, 0.29) is 5.91 Å². The van der Waals surface area contributed by atoms with Crippen LogP contribution in [0.4, 0.5) is 5.69 Å². The third-order valence-corrected chi connectivity index (χ3v) is 3.95. The Morgan fingerprint density at radius 2 is 2.15 bits per heavy atom. The van der Waals surface area contributed by atoms with Gasteiger partial charge in [0.2, 0.25) is 5.91 Å². The summed E-state index contributed by atoms with van der Waals surface area (Å²) >= 11 is 0. The van der Waals surface area contributed by atoms with Crippen LogP contribution in [0.25, 0.3) is 0 Å². The van der Waals surface area contributed by atoms with Crippen LogP contribution in [0.3, 0.4) is 0 Å². The molecule has 1 unspecified atom stereocenters. The van der Waals surface area contributed by atoms with Crippen molar-refractivity contribution < 1.29 is 4.79 Å². The maximum Gasteiger partial charge on any atom is 0.224 e.